The quantitative estimate of drug-likeness (QED) is 0.397. The van der Waals surface area contributed by atoms with Gasteiger partial charge in [-0.05, 0) is 67.7 Å². The van der Waals surface area contributed by atoms with Gasteiger partial charge in [-0.3, -0.25) is 0 Å². The van der Waals surface area contributed by atoms with Gasteiger partial charge >= 0.3 is 5.97 Å². The molecule has 2 aromatic rings. The van der Waals surface area contributed by atoms with Crippen molar-refractivity contribution in [2.45, 2.75) is 70.1 Å². The molecule has 6 heteroatoms. The standard InChI is InChI=1S/C27H34N2O2.2ClH/c1-2-21(15-19-7-4-3-5-8-19)25-17-26(25)29-24-13-11-23(12-14-24)28-18-20-9-6-10-22(16-20)27(30)31;;/h3-10,15-16,23-26,28-29H,2,11-14,17-18H2,1H3,(H,30,31);2*1H/t23?,24?,25?,26-;;/m0../s1. The minimum absolute atomic E-state index is 0. The molecule has 0 amide bonds. The Kier molecular flexibility index (Phi) is 10.9. The molecule has 2 saturated carbocycles. The largest absolute Gasteiger partial charge is 0.478 e. The van der Waals surface area contributed by atoms with Gasteiger partial charge in [0.1, 0.15) is 0 Å². The number of benzene rings is 2. The molecule has 2 aromatic carbocycles. The molecular formula is C27H36Cl2N2O2. The number of carboxylic acids is 1. The van der Waals surface area contributed by atoms with E-state index in [4.69, 9.17) is 5.11 Å². The lowest BCUT2D eigenvalue weighted by molar-refractivity contribution is 0.0696. The maximum absolute atomic E-state index is 11.1. The van der Waals surface area contributed by atoms with E-state index in [9.17, 15) is 4.79 Å². The third kappa shape index (κ3) is 7.86. The minimum Gasteiger partial charge on any atom is -0.478 e. The van der Waals surface area contributed by atoms with Crippen LogP contribution in [-0.4, -0.2) is 29.2 Å². The lowest BCUT2D eigenvalue weighted by Gasteiger charge is -2.30. The number of hydrogen-bond acceptors (Lipinski definition) is 3. The number of nitrogens with one attached hydrogen (secondary N) is 2. The Bertz CT molecular complexity index is 911. The van der Waals surface area contributed by atoms with E-state index in [1.165, 1.54) is 37.7 Å². The Morgan fingerprint density at radius 3 is 2.36 bits per heavy atom. The first-order valence-electron chi connectivity index (χ1n) is 11.7. The highest BCUT2D eigenvalue weighted by molar-refractivity contribution is 5.87. The average molecular weight is 492 g/mol. The molecule has 1 unspecified atom stereocenters. The molecule has 0 aromatic heterocycles. The van der Waals surface area contributed by atoms with Crippen molar-refractivity contribution in [3.63, 3.8) is 0 Å². The first-order chi connectivity index (χ1) is 15.1. The predicted molar refractivity (Wildman–Crippen MR) is 141 cm³/mol. The van der Waals surface area contributed by atoms with E-state index in [2.05, 4.69) is 54.0 Å². The van der Waals surface area contributed by atoms with Gasteiger partial charge in [0.2, 0.25) is 0 Å². The van der Waals surface area contributed by atoms with Crippen LogP contribution in [0.5, 0.6) is 0 Å². The fourth-order valence-corrected chi connectivity index (χ4v) is 4.87. The van der Waals surface area contributed by atoms with Crippen LogP contribution in [0.25, 0.3) is 6.08 Å². The Balaban J connectivity index is 0.00000193. The van der Waals surface area contributed by atoms with E-state index in [0.717, 1.165) is 18.5 Å². The monoisotopic (exact) mass is 490 g/mol. The molecule has 0 bridgehead atoms. The molecule has 0 saturated heterocycles. The third-order valence-electron chi connectivity index (χ3n) is 6.77. The highest BCUT2D eigenvalue weighted by atomic mass is 35.5. The van der Waals surface area contributed by atoms with Gasteiger partial charge in [-0.15, -0.1) is 24.8 Å². The Morgan fingerprint density at radius 2 is 1.70 bits per heavy atom. The number of hydrogen-bond donors (Lipinski definition) is 3. The van der Waals surface area contributed by atoms with Gasteiger partial charge < -0.3 is 15.7 Å². The normalized spacial score (nSPS) is 24.3. The molecule has 3 N–H and O–H groups in total. The molecule has 2 aliphatic carbocycles. The van der Waals surface area contributed by atoms with Gasteiger partial charge in [0.25, 0.3) is 0 Å². The van der Waals surface area contributed by atoms with Crippen molar-refractivity contribution in [1.82, 2.24) is 10.6 Å². The van der Waals surface area contributed by atoms with Gasteiger partial charge in [-0.25, -0.2) is 4.79 Å². The summed E-state index contributed by atoms with van der Waals surface area (Å²) < 4.78 is 0. The van der Waals surface area contributed by atoms with Crippen LogP contribution in [0.2, 0.25) is 0 Å². The number of aromatic carboxylic acids is 1. The summed E-state index contributed by atoms with van der Waals surface area (Å²) >= 11 is 0. The highest BCUT2D eigenvalue weighted by Crippen LogP contribution is 2.40. The number of rotatable bonds is 9. The van der Waals surface area contributed by atoms with Crippen molar-refractivity contribution in [2.75, 3.05) is 0 Å². The molecular weight excluding hydrogens is 455 g/mol. The number of halogens is 2. The van der Waals surface area contributed by atoms with Crippen LogP contribution in [-0.2, 0) is 6.54 Å². The van der Waals surface area contributed by atoms with Crippen LogP contribution in [0.4, 0.5) is 0 Å². The van der Waals surface area contributed by atoms with Crippen LogP contribution in [0.3, 0.4) is 0 Å². The maximum atomic E-state index is 11.1. The molecule has 2 atom stereocenters. The average Bonchev–Trinajstić information content (AvgIpc) is 3.56. The summed E-state index contributed by atoms with van der Waals surface area (Å²) in [5.41, 5.74) is 4.28. The van der Waals surface area contributed by atoms with Gasteiger partial charge in [-0.2, -0.15) is 0 Å². The maximum Gasteiger partial charge on any atom is 0.335 e. The van der Waals surface area contributed by atoms with Crippen molar-refractivity contribution >= 4 is 36.9 Å². The van der Waals surface area contributed by atoms with Crippen molar-refractivity contribution in [3.05, 3.63) is 76.9 Å². The molecule has 4 nitrogen and oxygen atoms in total. The fourth-order valence-electron chi connectivity index (χ4n) is 4.87. The van der Waals surface area contributed by atoms with E-state index >= 15 is 0 Å². The van der Waals surface area contributed by atoms with Crippen LogP contribution in [0.15, 0.2) is 60.2 Å². The lowest BCUT2D eigenvalue weighted by Crippen LogP contribution is -2.40. The number of carbonyl (C=O) groups is 1. The number of carboxylic acid groups (broad SMARTS) is 1. The van der Waals surface area contributed by atoms with Crippen molar-refractivity contribution in [2.24, 2.45) is 5.92 Å². The van der Waals surface area contributed by atoms with Crippen molar-refractivity contribution in [1.29, 1.82) is 0 Å². The van der Waals surface area contributed by atoms with Gasteiger partial charge in [0.05, 0.1) is 5.56 Å². The first kappa shape index (κ1) is 27.4. The fraction of sp³-hybridized carbons (Fsp3) is 0.444. The minimum atomic E-state index is -0.864. The van der Waals surface area contributed by atoms with E-state index in [1.54, 1.807) is 17.7 Å². The highest BCUT2D eigenvalue weighted by Gasteiger charge is 2.40. The summed E-state index contributed by atoms with van der Waals surface area (Å²) in [5, 5.41) is 16.7. The van der Waals surface area contributed by atoms with E-state index in [0.29, 0.717) is 29.6 Å². The Hall–Kier alpha value is -1.85. The molecule has 0 radical (unpaired) electrons. The van der Waals surface area contributed by atoms with Gasteiger partial charge in [0.15, 0.2) is 0 Å². The molecule has 0 spiro atoms. The van der Waals surface area contributed by atoms with Crippen LogP contribution >= 0.6 is 24.8 Å². The summed E-state index contributed by atoms with van der Waals surface area (Å²) in [4.78, 5) is 11.1. The summed E-state index contributed by atoms with van der Waals surface area (Å²) in [6, 6.07) is 19.7. The molecule has 0 heterocycles. The van der Waals surface area contributed by atoms with Crippen molar-refractivity contribution < 1.29 is 9.90 Å². The predicted octanol–water partition coefficient (Wildman–Crippen LogP) is 6.10. The van der Waals surface area contributed by atoms with E-state index in [-0.39, 0.29) is 24.8 Å². The van der Waals surface area contributed by atoms with Crippen molar-refractivity contribution in [3.8, 4) is 0 Å². The van der Waals surface area contributed by atoms with E-state index in [1.807, 2.05) is 12.1 Å². The summed E-state index contributed by atoms with van der Waals surface area (Å²) in [5.74, 6) is -0.167. The zero-order valence-corrected chi connectivity index (χ0v) is 20.8. The molecule has 4 rings (SSSR count). The summed E-state index contributed by atoms with van der Waals surface area (Å²) in [7, 11) is 0. The zero-order valence-electron chi connectivity index (χ0n) is 19.2. The van der Waals surface area contributed by atoms with Crippen LogP contribution in [0.1, 0.15) is 66.9 Å². The smallest absolute Gasteiger partial charge is 0.335 e. The van der Waals surface area contributed by atoms with E-state index < -0.39 is 5.97 Å². The topological polar surface area (TPSA) is 61.4 Å². The molecule has 2 fully saturated rings. The van der Waals surface area contributed by atoms with Crippen LogP contribution < -0.4 is 10.6 Å². The second-order valence-electron chi connectivity index (χ2n) is 9.03. The summed E-state index contributed by atoms with van der Waals surface area (Å²) in [6.07, 6.45) is 9.54. The van der Waals surface area contributed by atoms with Gasteiger partial charge in [-0.1, -0.05) is 61.0 Å². The van der Waals surface area contributed by atoms with Gasteiger partial charge in [0, 0.05) is 24.7 Å². The SMILES string of the molecule is CCC(=Cc1ccccc1)C1C[C@@H]1NC1CCC(NCc2cccc(C(=O)O)c2)CC1.Cl.Cl. The Morgan fingerprint density at radius 1 is 1.00 bits per heavy atom. The second kappa shape index (κ2) is 13.1. The molecule has 0 aliphatic heterocycles. The van der Waals surface area contributed by atoms with Crippen LogP contribution in [0, 0.1) is 5.92 Å². The molecule has 33 heavy (non-hydrogen) atoms. The third-order valence-corrected chi connectivity index (χ3v) is 6.77. The lowest BCUT2D eigenvalue weighted by atomic mass is 9.90. The molecule has 180 valence electrons. The summed E-state index contributed by atoms with van der Waals surface area (Å²) in [6.45, 7) is 3.01. The zero-order chi connectivity index (χ0) is 21.6. The molecule has 2 aliphatic rings. The Labute approximate surface area is 210 Å². The second-order valence-corrected chi connectivity index (χ2v) is 9.03. The first-order valence-corrected chi connectivity index (χ1v) is 11.7.